The standard InChI is InChI=1S/C21H22F3N3/c1-14-11-17(13-26-15(2)20-9-4-5-10-25-20)16(3)27(14)19-8-6-7-18(12-19)21(22,23)24/h4-12,15,26H,13H2,1-3H3/t15-/m0/s1. The van der Waals surface area contributed by atoms with Crippen LogP contribution in [0.4, 0.5) is 13.2 Å². The second-order valence-corrected chi connectivity index (χ2v) is 6.64. The second-order valence-electron chi connectivity index (χ2n) is 6.64. The first-order valence-corrected chi connectivity index (χ1v) is 8.77. The molecular formula is C21H22F3N3. The Kier molecular flexibility index (Phi) is 5.37. The third kappa shape index (κ3) is 4.22. The van der Waals surface area contributed by atoms with Crippen molar-refractivity contribution >= 4 is 0 Å². The lowest BCUT2D eigenvalue weighted by molar-refractivity contribution is -0.137. The zero-order valence-corrected chi connectivity index (χ0v) is 15.5. The number of nitrogens with zero attached hydrogens (tertiary/aromatic N) is 2. The first-order chi connectivity index (χ1) is 12.8. The lowest BCUT2D eigenvalue weighted by atomic mass is 10.1. The van der Waals surface area contributed by atoms with E-state index in [2.05, 4.69) is 10.3 Å². The molecule has 0 saturated heterocycles. The van der Waals surface area contributed by atoms with Crippen molar-refractivity contribution in [2.24, 2.45) is 0 Å². The summed E-state index contributed by atoms with van der Waals surface area (Å²) in [5.41, 5.74) is 3.69. The SMILES string of the molecule is Cc1cc(CN[C@@H](C)c2ccccn2)c(C)n1-c1cccc(C(F)(F)F)c1. The molecule has 0 aliphatic rings. The van der Waals surface area contributed by atoms with Crippen LogP contribution in [-0.4, -0.2) is 9.55 Å². The summed E-state index contributed by atoms with van der Waals surface area (Å²) in [6, 6.07) is 13.3. The van der Waals surface area contributed by atoms with Crippen molar-refractivity contribution in [2.45, 2.75) is 39.5 Å². The van der Waals surface area contributed by atoms with Crippen molar-refractivity contribution in [1.82, 2.24) is 14.9 Å². The van der Waals surface area contributed by atoms with Crippen LogP contribution in [0.25, 0.3) is 5.69 Å². The fraction of sp³-hybridized carbons (Fsp3) is 0.286. The van der Waals surface area contributed by atoms with Gasteiger partial charge in [0.2, 0.25) is 0 Å². The highest BCUT2D eigenvalue weighted by atomic mass is 19.4. The van der Waals surface area contributed by atoms with E-state index in [4.69, 9.17) is 0 Å². The van der Waals surface area contributed by atoms with Gasteiger partial charge in [-0.25, -0.2) is 0 Å². The number of benzene rings is 1. The van der Waals surface area contributed by atoms with Gasteiger partial charge in [0, 0.05) is 35.9 Å². The monoisotopic (exact) mass is 373 g/mol. The van der Waals surface area contributed by atoms with Crippen LogP contribution >= 0.6 is 0 Å². The first-order valence-electron chi connectivity index (χ1n) is 8.77. The van der Waals surface area contributed by atoms with E-state index in [1.165, 1.54) is 12.1 Å². The minimum Gasteiger partial charge on any atom is -0.318 e. The Bertz CT molecular complexity index is 914. The van der Waals surface area contributed by atoms with Crippen LogP contribution in [0.3, 0.4) is 0 Å². The molecule has 3 aromatic rings. The number of hydrogen-bond acceptors (Lipinski definition) is 2. The van der Waals surface area contributed by atoms with Crippen LogP contribution in [0.5, 0.6) is 0 Å². The highest BCUT2D eigenvalue weighted by molar-refractivity contribution is 5.43. The summed E-state index contributed by atoms with van der Waals surface area (Å²) >= 11 is 0. The molecule has 3 nitrogen and oxygen atoms in total. The maximum absolute atomic E-state index is 13.0. The van der Waals surface area contributed by atoms with Gasteiger partial charge >= 0.3 is 6.18 Å². The molecule has 6 heteroatoms. The molecule has 0 aliphatic carbocycles. The van der Waals surface area contributed by atoms with Gasteiger partial charge in [0.1, 0.15) is 0 Å². The number of halogens is 3. The normalized spacial score (nSPS) is 13.0. The molecule has 0 spiro atoms. The predicted octanol–water partition coefficient (Wildman–Crippen LogP) is 5.36. The third-order valence-electron chi connectivity index (χ3n) is 4.70. The zero-order chi connectivity index (χ0) is 19.6. The minimum absolute atomic E-state index is 0.0720. The third-order valence-corrected chi connectivity index (χ3v) is 4.70. The number of hydrogen-bond donors (Lipinski definition) is 1. The number of rotatable bonds is 5. The van der Waals surface area contributed by atoms with Crippen LogP contribution in [0.2, 0.25) is 0 Å². The Balaban J connectivity index is 1.83. The Labute approximate surface area is 156 Å². The van der Waals surface area contributed by atoms with Crippen molar-refractivity contribution in [2.75, 3.05) is 0 Å². The summed E-state index contributed by atoms with van der Waals surface area (Å²) in [7, 11) is 0. The van der Waals surface area contributed by atoms with Crippen molar-refractivity contribution in [3.05, 3.63) is 82.9 Å². The fourth-order valence-electron chi connectivity index (χ4n) is 3.23. The van der Waals surface area contributed by atoms with Crippen LogP contribution in [0.1, 0.15) is 41.2 Å². The van der Waals surface area contributed by atoms with Gasteiger partial charge in [0.05, 0.1) is 11.3 Å². The molecule has 0 amide bonds. The Morgan fingerprint density at radius 2 is 1.85 bits per heavy atom. The van der Waals surface area contributed by atoms with Gasteiger partial charge in [0.15, 0.2) is 0 Å². The molecule has 2 heterocycles. The van der Waals surface area contributed by atoms with Gasteiger partial charge in [-0.1, -0.05) is 12.1 Å². The molecule has 0 radical (unpaired) electrons. The van der Waals surface area contributed by atoms with Crippen molar-refractivity contribution < 1.29 is 13.2 Å². The van der Waals surface area contributed by atoms with Crippen LogP contribution in [0, 0.1) is 13.8 Å². The van der Waals surface area contributed by atoms with E-state index in [-0.39, 0.29) is 6.04 Å². The van der Waals surface area contributed by atoms with Crippen molar-refractivity contribution in [3.63, 3.8) is 0 Å². The summed E-state index contributed by atoms with van der Waals surface area (Å²) in [5.74, 6) is 0. The van der Waals surface area contributed by atoms with Crippen LogP contribution in [-0.2, 0) is 12.7 Å². The smallest absolute Gasteiger partial charge is 0.318 e. The molecule has 0 aliphatic heterocycles. The molecule has 0 saturated carbocycles. The maximum Gasteiger partial charge on any atom is 0.416 e. The summed E-state index contributed by atoms with van der Waals surface area (Å²) < 4.78 is 41.0. The average molecular weight is 373 g/mol. The van der Waals surface area contributed by atoms with E-state index in [0.29, 0.717) is 12.2 Å². The summed E-state index contributed by atoms with van der Waals surface area (Å²) in [4.78, 5) is 4.34. The first kappa shape index (κ1) is 19.2. The second kappa shape index (κ2) is 7.56. The van der Waals surface area contributed by atoms with Gasteiger partial charge in [-0.2, -0.15) is 13.2 Å². The minimum atomic E-state index is -4.35. The number of pyridine rings is 1. The van der Waals surface area contributed by atoms with E-state index in [1.807, 2.05) is 49.6 Å². The molecule has 0 fully saturated rings. The Hall–Kier alpha value is -2.60. The molecule has 1 aromatic carbocycles. The average Bonchev–Trinajstić information content (AvgIpc) is 2.93. The topological polar surface area (TPSA) is 29.9 Å². The van der Waals surface area contributed by atoms with Gasteiger partial charge < -0.3 is 9.88 Å². The predicted molar refractivity (Wildman–Crippen MR) is 99.7 cm³/mol. The lowest BCUT2D eigenvalue weighted by Gasteiger charge is -2.15. The molecule has 142 valence electrons. The highest BCUT2D eigenvalue weighted by Gasteiger charge is 2.30. The fourth-order valence-corrected chi connectivity index (χ4v) is 3.23. The largest absolute Gasteiger partial charge is 0.416 e. The summed E-state index contributed by atoms with van der Waals surface area (Å²) in [6.45, 7) is 6.47. The summed E-state index contributed by atoms with van der Waals surface area (Å²) in [6.07, 6.45) is -2.60. The number of alkyl halides is 3. The Morgan fingerprint density at radius 1 is 1.07 bits per heavy atom. The quantitative estimate of drug-likeness (QED) is 0.653. The molecule has 27 heavy (non-hydrogen) atoms. The van der Waals surface area contributed by atoms with Crippen LogP contribution < -0.4 is 5.32 Å². The molecule has 3 rings (SSSR count). The molecule has 1 atom stereocenters. The van der Waals surface area contributed by atoms with E-state index in [9.17, 15) is 13.2 Å². The summed E-state index contributed by atoms with van der Waals surface area (Å²) in [5, 5.41) is 3.43. The molecular weight excluding hydrogens is 351 g/mol. The van der Waals surface area contributed by atoms with Crippen molar-refractivity contribution in [3.8, 4) is 5.69 Å². The number of aromatic nitrogens is 2. The molecule has 0 unspecified atom stereocenters. The maximum atomic E-state index is 13.0. The van der Waals surface area contributed by atoms with Gasteiger partial charge in [-0.05, 0) is 62.7 Å². The number of aryl methyl sites for hydroxylation is 1. The number of nitrogens with one attached hydrogen (secondary N) is 1. The highest BCUT2D eigenvalue weighted by Crippen LogP contribution is 2.31. The Morgan fingerprint density at radius 3 is 2.52 bits per heavy atom. The van der Waals surface area contributed by atoms with Gasteiger partial charge in [0.25, 0.3) is 0 Å². The molecule has 1 N–H and O–H groups in total. The van der Waals surface area contributed by atoms with E-state index in [0.717, 1.165) is 28.7 Å². The van der Waals surface area contributed by atoms with E-state index in [1.54, 1.807) is 12.3 Å². The van der Waals surface area contributed by atoms with Crippen molar-refractivity contribution in [1.29, 1.82) is 0 Å². The molecule has 0 bridgehead atoms. The van der Waals surface area contributed by atoms with E-state index >= 15 is 0 Å². The zero-order valence-electron chi connectivity index (χ0n) is 15.5. The van der Waals surface area contributed by atoms with Gasteiger partial charge in [-0.15, -0.1) is 0 Å². The van der Waals surface area contributed by atoms with Crippen LogP contribution in [0.15, 0.2) is 54.7 Å². The lowest BCUT2D eigenvalue weighted by Crippen LogP contribution is -2.19. The van der Waals surface area contributed by atoms with Gasteiger partial charge in [-0.3, -0.25) is 4.98 Å². The van der Waals surface area contributed by atoms with E-state index < -0.39 is 11.7 Å². The molecule has 2 aromatic heterocycles.